The minimum absolute atomic E-state index is 0.0289. The second kappa shape index (κ2) is 7.76. The largest absolute Gasteiger partial charge is 0.392 e. The summed E-state index contributed by atoms with van der Waals surface area (Å²) in [7, 11) is 0. The molecule has 0 saturated heterocycles. The van der Waals surface area contributed by atoms with Gasteiger partial charge in [0.05, 0.1) is 17.7 Å². The number of aromatic nitrogens is 1. The standard InChI is InChI=1S/C22H23N3O2/c26-14-16-7-5-15(6-8-16)11-12-23-21-13-19(22(27)24-17-9-10-17)18-3-1-2-4-20(18)25-21/h1-8,13,17,26H,9-12,14H2,(H,23,25)(H,24,27). The first-order chi connectivity index (χ1) is 13.2. The van der Waals surface area contributed by atoms with Crippen LogP contribution >= 0.6 is 0 Å². The number of nitrogens with one attached hydrogen (secondary N) is 2. The Hall–Kier alpha value is -2.92. The zero-order chi connectivity index (χ0) is 18.6. The number of fused-ring (bicyclic) bond motifs is 1. The number of aliphatic hydroxyl groups is 1. The second-order valence-electron chi connectivity index (χ2n) is 6.97. The van der Waals surface area contributed by atoms with Crippen molar-refractivity contribution in [2.45, 2.75) is 31.9 Å². The van der Waals surface area contributed by atoms with E-state index in [1.807, 2.05) is 54.6 Å². The summed E-state index contributed by atoms with van der Waals surface area (Å²) in [5.41, 5.74) is 3.58. The lowest BCUT2D eigenvalue weighted by Crippen LogP contribution is -2.25. The van der Waals surface area contributed by atoms with Crippen LogP contribution in [-0.2, 0) is 13.0 Å². The van der Waals surface area contributed by atoms with E-state index >= 15 is 0 Å². The SMILES string of the molecule is O=C(NC1CC1)c1cc(NCCc2ccc(CO)cc2)nc2ccccc12. The molecule has 1 heterocycles. The van der Waals surface area contributed by atoms with Gasteiger partial charge < -0.3 is 15.7 Å². The van der Waals surface area contributed by atoms with Gasteiger partial charge in [-0.1, -0.05) is 42.5 Å². The van der Waals surface area contributed by atoms with Crippen LogP contribution in [-0.4, -0.2) is 28.6 Å². The molecule has 1 aromatic heterocycles. The van der Waals surface area contributed by atoms with Crippen LogP contribution in [0, 0.1) is 0 Å². The van der Waals surface area contributed by atoms with Crippen molar-refractivity contribution < 1.29 is 9.90 Å². The minimum Gasteiger partial charge on any atom is -0.392 e. The van der Waals surface area contributed by atoms with Crippen LogP contribution < -0.4 is 10.6 Å². The molecule has 3 aromatic rings. The Balaban J connectivity index is 1.49. The fraction of sp³-hybridized carbons (Fsp3) is 0.273. The van der Waals surface area contributed by atoms with Gasteiger partial charge in [0.25, 0.3) is 5.91 Å². The normalized spacial score (nSPS) is 13.5. The summed E-state index contributed by atoms with van der Waals surface area (Å²) in [6, 6.07) is 17.8. The van der Waals surface area contributed by atoms with Gasteiger partial charge in [0, 0.05) is 18.0 Å². The molecule has 3 N–H and O–H groups in total. The number of carbonyl (C=O) groups excluding carboxylic acids is 1. The van der Waals surface area contributed by atoms with Crippen LogP contribution in [0.3, 0.4) is 0 Å². The number of benzene rings is 2. The van der Waals surface area contributed by atoms with Crippen molar-refractivity contribution >= 4 is 22.6 Å². The highest BCUT2D eigenvalue weighted by atomic mass is 16.3. The Labute approximate surface area is 158 Å². The average Bonchev–Trinajstić information content (AvgIpc) is 3.52. The third-order valence-electron chi connectivity index (χ3n) is 4.80. The van der Waals surface area contributed by atoms with E-state index in [0.29, 0.717) is 24.0 Å². The van der Waals surface area contributed by atoms with Gasteiger partial charge in [0.15, 0.2) is 0 Å². The summed E-state index contributed by atoms with van der Waals surface area (Å²) in [6.45, 7) is 0.777. The molecular formula is C22H23N3O2. The second-order valence-corrected chi connectivity index (χ2v) is 6.97. The lowest BCUT2D eigenvalue weighted by atomic mass is 10.1. The molecular weight excluding hydrogens is 338 g/mol. The maximum absolute atomic E-state index is 12.6. The molecule has 0 bridgehead atoms. The topological polar surface area (TPSA) is 74.2 Å². The summed E-state index contributed by atoms with van der Waals surface area (Å²) in [4.78, 5) is 17.3. The third kappa shape index (κ3) is 4.26. The maximum Gasteiger partial charge on any atom is 0.252 e. The molecule has 1 saturated carbocycles. The molecule has 1 amide bonds. The highest BCUT2D eigenvalue weighted by Gasteiger charge is 2.24. The predicted octanol–water partition coefficient (Wildman–Crippen LogP) is 3.27. The summed E-state index contributed by atoms with van der Waals surface area (Å²) >= 11 is 0. The third-order valence-corrected chi connectivity index (χ3v) is 4.80. The Kier molecular flexibility index (Phi) is 5.03. The van der Waals surface area contributed by atoms with Crippen molar-refractivity contribution in [3.8, 4) is 0 Å². The highest BCUT2D eigenvalue weighted by molar-refractivity contribution is 6.07. The number of nitrogens with zero attached hydrogens (tertiary/aromatic N) is 1. The molecule has 0 atom stereocenters. The van der Waals surface area contributed by atoms with E-state index in [1.54, 1.807) is 0 Å². The van der Waals surface area contributed by atoms with E-state index in [0.717, 1.165) is 35.7 Å². The fourth-order valence-electron chi connectivity index (χ4n) is 3.09. The van der Waals surface area contributed by atoms with Crippen molar-refractivity contribution in [3.05, 3.63) is 71.3 Å². The number of hydrogen-bond donors (Lipinski definition) is 3. The van der Waals surface area contributed by atoms with Crippen molar-refractivity contribution in [2.75, 3.05) is 11.9 Å². The van der Waals surface area contributed by atoms with Gasteiger partial charge in [-0.05, 0) is 42.5 Å². The summed E-state index contributed by atoms with van der Waals surface area (Å²) < 4.78 is 0. The molecule has 0 unspecified atom stereocenters. The number of rotatable bonds is 7. The van der Waals surface area contributed by atoms with Crippen LogP contribution in [0.25, 0.3) is 10.9 Å². The van der Waals surface area contributed by atoms with Crippen molar-refractivity contribution in [2.24, 2.45) is 0 Å². The summed E-state index contributed by atoms with van der Waals surface area (Å²) in [6.07, 6.45) is 2.97. The number of pyridine rings is 1. The smallest absolute Gasteiger partial charge is 0.252 e. The first kappa shape index (κ1) is 17.5. The monoisotopic (exact) mass is 361 g/mol. The van der Waals surface area contributed by atoms with E-state index < -0.39 is 0 Å². The van der Waals surface area contributed by atoms with Gasteiger partial charge in [0.2, 0.25) is 0 Å². The maximum atomic E-state index is 12.6. The minimum atomic E-state index is -0.0289. The van der Waals surface area contributed by atoms with Crippen LogP contribution in [0.5, 0.6) is 0 Å². The Morgan fingerprint density at radius 2 is 1.81 bits per heavy atom. The van der Waals surface area contributed by atoms with Gasteiger partial charge in [-0.15, -0.1) is 0 Å². The zero-order valence-electron chi connectivity index (χ0n) is 15.1. The van der Waals surface area contributed by atoms with E-state index in [-0.39, 0.29) is 12.5 Å². The molecule has 27 heavy (non-hydrogen) atoms. The summed E-state index contributed by atoms with van der Waals surface area (Å²) in [5, 5.41) is 16.4. The van der Waals surface area contributed by atoms with Crippen LogP contribution in [0.4, 0.5) is 5.82 Å². The Morgan fingerprint density at radius 1 is 1.07 bits per heavy atom. The van der Waals surface area contributed by atoms with Gasteiger partial charge >= 0.3 is 0 Å². The Morgan fingerprint density at radius 3 is 2.56 bits per heavy atom. The Bertz CT molecular complexity index is 949. The van der Waals surface area contributed by atoms with Crippen LogP contribution in [0.1, 0.15) is 34.3 Å². The molecule has 0 aliphatic heterocycles. The number of hydrogen-bond acceptors (Lipinski definition) is 4. The summed E-state index contributed by atoms with van der Waals surface area (Å²) in [5.74, 6) is 0.681. The molecule has 1 fully saturated rings. The molecule has 1 aliphatic carbocycles. The number of para-hydroxylation sites is 1. The molecule has 4 rings (SSSR count). The predicted molar refractivity (Wildman–Crippen MR) is 107 cm³/mol. The van der Waals surface area contributed by atoms with E-state index in [4.69, 9.17) is 5.11 Å². The first-order valence-electron chi connectivity index (χ1n) is 9.36. The molecule has 0 spiro atoms. The van der Waals surface area contributed by atoms with Crippen molar-refractivity contribution in [1.82, 2.24) is 10.3 Å². The van der Waals surface area contributed by atoms with E-state index in [2.05, 4.69) is 15.6 Å². The first-order valence-corrected chi connectivity index (χ1v) is 9.36. The van der Waals surface area contributed by atoms with Gasteiger partial charge in [-0.3, -0.25) is 4.79 Å². The van der Waals surface area contributed by atoms with Crippen LogP contribution in [0.2, 0.25) is 0 Å². The molecule has 5 nitrogen and oxygen atoms in total. The van der Waals surface area contributed by atoms with Gasteiger partial charge in [0.1, 0.15) is 5.82 Å². The number of anilines is 1. The van der Waals surface area contributed by atoms with Crippen molar-refractivity contribution in [1.29, 1.82) is 0 Å². The van der Waals surface area contributed by atoms with Gasteiger partial charge in [-0.25, -0.2) is 4.98 Å². The van der Waals surface area contributed by atoms with E-state index in [9.17, 15) is 4.79 Å². The van der Waals surface area contributed by atoms with Gasteiger partial charge in [-0.2, -0.15) is 0 Å². The highest BCUT2D eigenvalue weighted by Crippen LogP contribution is 2.24. The molecule has 0 radical (unpaired) electrons. The molecule has 5 heteroatoms. The molecule has 138 valence electrons. The average molecular weight is 361 g/mol. The fourth-order valence-corrected chi connectivity index (χ4v) is 3.09. The molecule has 1 aliphatic rings. The van der Waals surface area contributed by atoms with Crippen molar-refractivity contribution in [3.63, 3.8) is 0 Å². The number of carbonyl (C=O) groups is 1. The number of amides is 1. The van der Waals surface area contributed by atoms with Crippen LogP contribution in [0.15, 0.2) is 54.6 Å². The number of aliphatic hydroxyl groups excluding tert-OH is 1. The molecule has 2 aromatic carbocycles. The zero-order valence-corrected chi connectivity index (χ0v) is 15.1. The quantitative estimate of drug-likeness (QED) is 0.604. The lowest BCUT2D eigenvalue weighted by Gasteiger charge is -2.11. The lowest BCUT2D eigenvalue weighted by molar-refractivity contribution is 0.0952. The van der Waals surface area contributed by atoms with E-state index in [1.165, 1.54) is 5.56 Å².